The number of aromatic nitrogens is 4. The minimum absolute atomic E-state index is 0.624. The van der Waals surface area contributed by atoms with Gasteiger partial charge in [0.2, 0.25) is 0 Å². The van der Waals surface area contributed by atoms with Crippen LogP contribution in [-0.2, 0) is 5.41 Å². The molecule has 0 amide bonds. The molecule has 0 saturated carbocycles. The lowest BCUT2D eigenvalue weighted by molar-refractivity contribution is 0.436. The number of para-hydroxylation sites is 3. The van der Waals surface area contributed by atoms with E-state index in [-0.39, 0.29) is 0 Å². The first-order valence-electron chi connectivity index (χ1n) is 23.7. The number of thiophene rings is 1. The van der Waals surface area contributed by atoms with E-state index >= 15 is 0 Å². The average molecular weight is 911 g/mol. The second kappa shape index (κ2) is 15.0. The Hall–Kier alpha value is -8.97. The zero-order valence-electron chi connectivity index (χ0n) is 37.5. The summed E-state index contributed by atoms with van der Waals surface area (Å²) in [7, 11) is 0. The van der Waals surface area contributed by atoms with Gasteiger partial charge in [-0.15, -0.1) is 11.3 Å². The van der Waals surface area contributed by atoms with E-state index in [9.17, 15) is 0 Å². The van der Waals surface area contributed by atoms with E-state index in [1.165, 1.54) is 47.5 Å². The van der Waals surface area contributed by atoms with Gasteiger partial charge in [0, 0.05) is 64.4 Å². The highest BCUT2D eigenvalue weighted by atomic mass is 32.1. The standard InChI is InChI=1S/C64H38N4OS/c1-3-16-40(17-4-1)61-65-62(41-18-5-2-6-19-41)67-63(66-61)47-22-15-25-50-58(47)44-35-32-42(38-51(44)64(50)48-23-9-12-27-54(48)69-55-28-13-10-24-49(55)64)39-30-33-43(34-31-39)68-52-26-11-7-20-45(52)59-53(68)36-37-57-60(59)46-21-8-14-29-56(46)70-57/h1-38H. The van der Waals surface area contributed by atoms with Crippen molar-refractivity contribution in [3.63, 3.8) is 0 Å². The zero-order chi connectivity index (χ0) is 45.9. The van der Waals surface area contributed by atoms with Gasteiger partial charge in [0.1, 0.15) is 11.5 Å². The maximum absolute atomic E-state index is 6.77. The summed E-state index contributed by atoms with van der Waals surface area (Å²) in [6, 6.07) is 82.5. The molecule has 1 aliphatic heterocycles. The van der Waals surface area contributed by atoms with Crippen LogP contribution in [0.2, 0.25) is 0 Å². The summed E-state index contributed by atoms with van der Waals surface area (Å²) in [4.78, 5) is 15.6. The van der Waals surface area contributed by atoms with Crippen molar-refractivity contribution in [1.29, 1.82) is 0 Å². The average Bonchev–Trinajstić information content (AvgIpc) is 4.08. The van der Waals surface area contributed by atoms with E-state index in [0.29, 0.717) is 17.5 Å². The predicted octanol–water partition coefficient (Wildman–Crippen LogP) is 16.5. The first kappa shape index (κ1) is 39.1. The molecule has 2 aliphatic rings. The third-order valence-corrected chi connectivity index (χ3v) is 15.7. The van der Waals surface area contributed by atoms with E-state index in [0.717, 1.165) is 72.8 Å². The van der Waals surface area contributed by atoms with Crippen LogP contribution in [0.15, 0.2) is 231 Å². The molecule has 6 heteroatoms. The smallest absolute Gasteiger partial charge is 0.164 e. The van der Waals surface area contributed by atoms with Crippen LogP contribution in [0.25, 0.3) is 104 Å². The Bertz CT molecular complexity index is 4170. The fourth-order valence-electron chi connectivity index (χ4n) is 11.6. The van der Waals surface area contributed by atoms with Crippen LogP contribution < -0.4 is 4.74 Å². The number of fused-ring (bicyclic) bond motifs is 16. The molecule has 15 rings (SSSR count). The Labute approximate surface area is 407 Å². The van der Waals surface area contributed by atoms with Crippen molar-refractivity contribution < 1.29 is 4.74 Å². The normalized spacial score (nSPS) is 13.1. The summed E-state index contributed by atoms with van der Waals surface area (Å²) in [5.41, 5.74) is 14.7. The molecule has 0 atom stereocenters. The molecule has 5 nitrogen and oxygen atoms in total. The highest BCUT2D eigenvalue weighted by Gasteiger charge is 2.52. The van der Waals surface area contributed by atoms with Crippen LogP contribution in [0, 0.1) is 0 Å². The summed E-state index contributed by atoms with van der Waals surface area (Å²) < 4.78 is 11.8. The number of hydrogen-bond acceptors (Lipinski definition) is 5. The molecule has 3 aromatic heterocycles. The van der Waals surface area contributed by atoms with Gasteiger partial charge in [0.25, 0.3) is 0 Å². The van der Waals surface area contributed by atoms with E-state index in [1.807, 2.05) is 47.7 Å². The van der Waals surface area contributed by atoms with Crippen LogP contribution in [0.4, 0.5) is 0 Å². The van der Waals surface area contributed by atoms with Crippen LogP contribution in [-0.4, -0.2) is 19.5 Å². The number of ether oxygens (including phenoxy) is 1. The van der Waals surface area contributed by atoms with Gasteiger partial charge < -0.3 is 9.30 Å². The molecule has 4 heterocycles. The van der Waals surface area contributed by atoms with Crippen LogP contribution in [0.3, 0.4) is 0 Å². The lowest BCUT2D eigenvalue weighted by atomic mass is 9.66. The molecular weight excluding hydrogens is 873 g/mol. The molecule has 1 spiro atoms. The Morgan fingerprint density at radius 2 is 0.971 bits per heavy atom. The Kier molecular flexibility index (Phi) is 8.38. The number of nitrogens with zero attached hydrogens (tertiary/aromatic N) is 4. The van der Waals surface area contributed by atoms with Gasteiger partial charge in [0.15, 0.2) is 17.5 Å². The predicted molar refractivity (Wildman–Crippen MR) is 286 cm³/mol. The first-order chi connectivity index (χ1) is 34.7. The van der Waals surface area contributed by atoms with Crippen molar-refractivity contribution in [1.82, 2.24) is 19.5 Å². The van der Waals surface area contributed by atoms with E-state index in [1.54, 1.807) is 0 Å². The van der Waals surface area contributed by atoms with Gasteiger partial charge >= 0.3 is 0 Å². The molecule has 326 valence electrons. The van der Waals surface area contributed by atoms with Gasteiger partial charge in [-0.05, 0) is 88.0 Å². The summed E-state index contributed by atoms with van der Waals surface area (Å²) in [5, 5.41) is 5.22. The third-order valence-electron chi connectivity index (χ3n) is 14.5. The first-order valence-corrected chi connectivity index (χ1v) is 24.5. The number of hydrogen-bond donors (Lipinski definition) is 0. The second-order valence-corrected chi connectivity index (χ2v) is 19.3. The summed E-state index contributed by atoms with van der Waals surface area (Å²) in [6.45, 7) is 0. The van der Waals surface area contributed by atoms with Crippen LogP contribution in [0.5, 0.6) is 11.5 Å². The molecule has 0 radical (unpaired) electrons. The molecule has 0 N–H and O–H groups in total. The highest BCUT2D eigenvalue weighted by Crippen LogP contribution is 2.63. The third kappa shape index (κ3) is 5.56. The molecular formula is C64H38N4OS. The van der Waals surface area contributed by atoms with Gasteiger partial charge in [0.05, 0.1) is 16.4 Å². The Morgan fingerprint density at radius 1 is 0.371 bits per heavy atom. The van der Waals surface area contributed by atoms with Gasteiger partial charge in [-0.3, -0.25) is 0 Å². The largest absolute Gasteiger partial charge is 0.457 e. The molecule has 1 aliphatic carbocycles. The maximum Gasteiger partial charge on any atom is 0.164 e. The van der Waals surface area contributed by atoms with Crippen molar-refractivity contribution >= 4 is 53.3 Å². The fraction of sp³-hybridized carbons (Fsp3) is 0.0156. The molecule has 0 bridgehead atoms. The van der Waals surface area contributed by atoms with Crippen molar-refractivity contribution in [2.45, 2.75) is 5.41 Å². The van der Waals surface area contributed by atoms with E-state index < -0.39 is 5.41 Å². The van der Waals surface area contributed by atoms with Crippen LogP contribution in [0.1, 0.15) is 22.3 Å². The quantitative estimate of drug-likeness (QED) is 0.173. The lowest BCUT2D eigenvalue weighted by Crippen LogP contribution is -2.32. The summed E-state index contributed by atoms with van der Waals surface area (Å²) in [6.07, 6.45) is 0. The molecule has 13 aromatic rings. The van der Waals surface area contributed by atoms with E-state index in [2.05, 4.69) is 199 Å². The molecule has 10 aromatic carbocycles. The van der Waals surface area contributed by atoms with Crippen molar-refractivity contribution in [2.24, 2.45) is 0 Å². The molecule has 0 unspecified atom stereocenters. The van der Waals surface area contributed by atoms with Gasteiger partial charge in [-0.25, -0.2) is 15.0 Å². The second-order valence-electron chi connectivity index (χ2n) is 18.2. The Morgan fingerprint density at radius 3 is 1.70 bits per heavy atom. The SMILES string of the molecule is c1ccc(-c2nc(-c3ccccc3)nc(-c3cccc4c3-c3ccc(-c5ccc(-n6c7ccccc7c7c8c(ccc76)sc6ccccc68)cc5)cc3C43c4ccccc4Oc4ccccc43)n2)cc1. The summed E-state index contributed by atoms with van der Waals surface area (Å²) >= 11 is 1.87. The maximum atomic E-state index is 6.77. The van der Waals surface area contributed by atoms with Gasteiger partial charge in [-0.2, -0.15) is 0 Å². The molecule has 0 saturated heterocycles. The number of benzene rings is 10. The van der Waals surface area contributed by atoms with Crippen molar-refractivity contribution in [2.75, 3.05) is 0 Å². The van der Waals surface area contributed by atoms with Crippen molar-refractivity contribution in [3.8, 4) is 73.6 Å². The van der Waals surface area contributed by atoms with Gasteiger partial charge in [-0.1, -0.05) is 176 Å². The van der Waals surface area contributed by atoms with Crippen LogP contribution >= 0.6 is 11.3 Å². The Balaban J connectivity index is 0.939. The number of rotatable bonds is 5. The molecule has 0 fully saturated rings. The van der Waals surface area contributed by atoms with E-state index in [4.69, 9.17) is 19.7 Å². The summed E-state index contributed by atoms with van der Waals surface area (Å²) in [5.74, 6) is 3.57. The zero-order valence-corrected chi connectivity index (χ0v) is 38.4. The molecule has 70 heavy (non-hydrogen) atoms. The lowest BCUT2D eigenvalue weighted by Gasteiger charge is -2.39. The van der Waals surface area contributed by atoms with Crippen molar-refractivity contribution in [3.05, 3.63) is 253 Å². The monoisotopic (exact) mass is 910 g/mol. The minimum Gasteiger partial charge on any atom is -0.457 e. The fourth-order valence-corrected chi connectivity index (χ4v) is 12.7. The topological polar surface area (TPSA) is 52.8 Å². The minimum atomic E-state index is -0.709. The highest BCUT2D eigenvalue weighted by molar-refractivity contribution is 7.26.